The predicted molar refractivity (Wildman–Crippen MR) is 105 cm³/mol. The predicted octanol–water partition coefficient (Wildman–Crippen LogP) is 3.39. The van der Waals surface area contributed by atoms with Crippen molar-refractivity contribution in [3.8, 4) is 5.75 Å². The molecule has 0 bridgehead atoms. The highest BCUT2D eigenvalue weighted by Crippen LogP contribution is 2.23. The molecule has 0 radical (unpaired) electrons. The second-order valence-corrected chi connectivity index (χ2v) is 6.51. The second-order valence-electron chi connectivity index (χ2n) is 6.51. The van der Waals surface area contributed by atoms with E-state index < -0.39 is 0 Å². The fraction of sp³-hybridized carbons (Fsp3) is 0.381. The Kier molecular flexibility index (Phi) is 7.48. The van der Waals surface area contributed by atoms with Crippen molar-refractivity contribution in [2.45, 2.75) is 25.8 Å². The Hall–Kier alpha value is -2.53. The average molecular weight is 356 g/mol. The lowest BCUT2D eigenvalue weighted by Crippen LogP contribution is -2.35. The molecule has 5 heteroatoms. The molecule has 0 heterocycles. The molecule has 0 unspecified atom stereocenters. The number of nitrogen functional groups attached to an aromatic ring is 1. The van der Waals surface area contributed by atoms with Crippen LogP contribution in [0.5, 0.6) is 5.75 Å². The summed E-state index contributed by atoms with van der Waals surface area (Å²) < 4.78 is 11.1. The van der Waals surface area contributed by atoms with E-state index >= 15 is 0 Å². The van der Waals surface area contributed by atoms with Crippen LogP contribution in [0.1, 0.15) is 29.3 Å². The summed E-state index contributed by atoms with van der Waals surface area (Å²) >= 11 is 0. The van der Waals surface area contributed by atoms with E-state index in [-0.39, 0.29) is 12.0 Å². The van der Waals surface area contributed by atoms with Crippen molar-refractivity contribution in [3.05, 3.63) is 59.7 Å². The zero-order valence-corrected chi connectivity index (χ0v) is 15.8. The molecule has 0 aliphatic carbocycles. The molecule has 2 aromatic carbocycles. The van der Waals surface area contributed by atoms with Crippen molar-refractivity contribution in [1.29, 1.82) is 0 Å². The summed E-state index contributed by atoms with van der Waals surface area (Å²) in [4.78, 5) is 14.5. The molecule has 1 atom stereocenters. The molecule has 0 spiro atoms. The quantitative estimate of drug-likeness (QED) is 0.551. The third-order valence-corrected chi connectivity index (χ3v) is 4.16. The summed E-state index contributed by atoms with van der Waals surface area (Å²) in [6, 6.07) is 15.3. The van der Waals surface area contributed by atoms with Crippen LogP contribution in [0.3, 0.4) is 0 Å². The molecular formula is C21H28N2O3. The van der Waals surface area contributed by atoms with Gasteiger partial charge in [0.15, 0.2) is 0 Å². The molecule has 2 rings (SSSR count). The first kappa shape index (κ1) is 19.8. The van der Waals surface area contributed by atoms with Gasteiger partial charge in [0.1, 0.15) is 12.4 Å². The first-order valence-electron chi connectivity index (χ1n) is 8.91. The molecule has 2 aromatic rings. The minimum Gasteiger partial charge on any atom is -0.491 e. The number of nitrogens with zero attached hydrogens (tertiary/aromatic N) is 1. The van der Waals surface area contributed by atoms with Crippen molar-refractivity contribution in [2.24, 2.45) is 0 Å². The van der Waals surface area contributed by atoms with Crippen molar-refractivity contribution in [1.82, 2.24) is 4.90 Å². The Morgan fingerprint density at radius 2 is 1.88 bits per heavy atom. The van der Waals surface area contributed by atoms with Crippen molar-refractivity contribution in [3.63, 3.8) is 0 Å². The molecule has 0 aromatic heterocycles. The molecular weight excluding hydrogens is 328 g/mol. The molecule has 0 fully saturated rings. The van der Waals surface area contributed by atoms with Gasteiger partial charge in [-0.05, 0) is 50.7 Å². The van der Waals surface area contributed by atoms with Crippen LogP contribution in [0.15, 0.2) is 48.5 Å². The van der Waals surface area contributed by atoms with E-state index in [0.29, 0.717) is 30.2 Å². The van der Waals surface area contributed by atoms with Gasteiger partial charge in [-0.25, -0.2) is 4.79 Å². The van der Waals surface area contributed by atoms with Gasteiger partial charge in [0.25, 0.3) is 0 Å². The second kappa shape index (κ2) is 9.82. The van der Waals surface area contributed by atoms with Crippen LogP contribution in [-0.4, -0.2) is 44.2 Å². The minimum absolute atomic E-state index is 0.103. The third kappa shape index (κ3) is 5.77. The first-order chi connectivity index (χ1) is 12.5. The van der Waals surface area contributed by atoms with E-state index in [1.165, 1.54) is 5.56 Å². The van der Waals surface area contributed by atoms with E-state index in [1.807, 2.05) is 39.2 Å². The highest BCUT2D eigenvalue weighted by Gasteiger charge is 2.17. The van der Waals surface area contributed by atoms with E-state index in [9.17, 15) is 4.79 Å². The van der Waals surface area contributed by atoms with E-state index in [2.05, 4.69) is 17.0 Å². The lowest BCUT2D eigenvalue weighted by Gasteiger charge is -2.24. The van der Waals surface area contributed by atoms with Gasteiger partial charge in [0.2, 0.25) is 0 Å². The summed E-state index contributed by atoms with van der Waals surface area (Å²) in [5.74, 6) is 0.154. The summed E-state index contributed by atoms with van der Waals surface area (Å²) in [7, 11) is 3.97. The van der Waals surface area contributed by atoms with Crippen LogP contribution >= 0.6 is 0 Å². The number of ether oxygens (including phenoxy) is 2. The first-order valence-corrected chi connectivity index (χ1v) is 8.91. The highest BCUT2D eigenvalue weighted by molar-refractivity contribution is 5.90. The minimum atomic E-state index is -0.369. The molecule has 5 nitrogen and oxygen atoms in total. The van der Waals surface area contributed by atoms with Crippen LogP contribution in [0.2, 0.25) is 0 Å². The Labute approximate surface area is 155 Å². The number of rotatable bonds is 9. The maximum Gasteiger partial charge on any atom is 0.338 e. The molecule has 0 amide bonds. The largest absolute Gasteiger partial charge is 0.491 e. The van der Waals surface area contributed by atoms with Crippen LogP contribution in [-0.2, 0) is 11.2 Å². The summed E-state index contributed by atoms with van der Waals surface area (Å²) in [6.07, 6.45) is 1.69. The molecule has 0 aliphatic heterocycles. The summed E-state index contributed by atoms with van der Waals surface area (Å²) in [5, 5.41) is 0. The lowest BCUT2D eigenvalue weighted by atomic mass is 10.1. The summed E-state index contributed by atoms with van der Waals surface area (Å²) in [6.45, 7) is 2.89. The monoisotopic (exact) mass is 356 g/mol. The Morgan fingerprint density at radius 1 is 1.15 bits per heavy atom. The standard InChI is InChI=1S/C21H28N2O3/c1-4-12-25-20-14-17(10-11-19(20)22)21(24)26-15-18(23(2)3)13-16-8-6-5-7-9-16/h5-11,14,18H,4,12-13,15,22H2,1-3H3/t18-/m0/s1. The highest BCUT2D eigenvalue weighted by atomic mass is 16.5. The number of anilines is 1. The Morgan fingerprint density at radius 3 is 2.54 bits per heavy atom. The van der Waals surface area contributed by atoms with Crippen LogP contribution < -0.4 is 10.5 Å². The molecule has 140 valence electrons. The fourth-order valence-electron chi connectivity index (χ4n) is 2.53. The van der Waals surface area contributed by atoms with Gasteiger partial charge in [-0.1, -0.05) is 37.3 Å². The molecule has 0 aliphatic rings. The number of esters is 1. The number of nitrogens with two attached hydrogens (primary N) is 1. The molecule has 2 N–H and O–H groups in total. The van der Waals surface area contributed by atoms with Gasteiger partial charge in [0, 0.05) is 6.04 Å². The normalized spacial score (nSPS) is 12.0. The van der Waals surface area contributed by atoms with Crippen LogP contribution in [0.25, 0.3) is 0 Å². The fourth-order valence-corrected chi connectivity index (χ4v) is 2.53. The van der Waals surface area contributed by atoms with E-state index in [4.69, 9.17) is 15.2 Å². The van der Waals surface area contributed by atoms with Crippen molar-refractivity contribution >= 4 is 11.7 Å². The van der Waals surface area contributed by atoms with Gasteiger partial charge in [-0.3, -0.25) is 0 Å². The number of carbonyl (C=O) groups is 1. The average Bonchev–Trinajstić information content (AvgIpc) is 2.64. The van der Waals surface area contributed by atoms with Gasteiger partial charge in [-0.2, -0.15) is 0 Å². The zero-order chi connectivity index (χ0) is 18.9. The molecule has 0 saturated heterocycles. The van der Waals surface area contributed by atoms with Gasteiger partial charge in [0.05, 0.1) is 17.9 Å². The number of carbonyl (C=O) groups excluding carboxylic acids is 1. The van der Waals surface area contributed by atoms with Crippen molar-refractivity contribution < 1.29 is 14.3 Å². The molecule has 26 heavy (non-hydrogen) atoms. The van der Waals surface area contributed by atoms with Gasteiger partial charge < -0.3 is 20.1 Å². The van der Waals surface area contributed by atoms with Crippen LogP contribution in [0, 0.1) is 0 Å². The summed E-state index contributed by atoms with van der Waals surface area (Å²) in [5.41, 5.74) is 8.07. The Bertz CT molecular complexity index is 702. The number of hydrogen-bond donors (Lipinski definition) is 1. The zero-order valence-electron chi connectivity index (χ0n) is 15.8. The smallest absolute Gasteiger partial charge is 0.338 e. The van der Waals surface area contributed by atoms with Crippen LogP contribution in [0.4, 0.5) is 5.69 Å². The van der Waals surface area contributed by atoms with E-state index in [0.717, 1.165) is 12.8 Å². The number of benzene rings is 2. The maximum absolute atomic E-state index is 12.4. The maximum atomic E-state index is 12.4. The number of likely N-dealkylation sites (N-methyl/N-ethyl adjacent to an activating group) is 1. The Balaban J connectivity index is 1.99. The number of hydrogen-bond acceptors (Lipinski definition) is 5. The van der Waals surface area contributed by atoms with Crippen molar-refractivity contribution in [2.75, 3.05) is 33.0 Å². The van der Waals surface area contributed by atoms with Gasteiger partial charge in [-0.15, -0.1) is 0 Å². The van der Waals surface area contributed by atoms with E-state index in [1.54, 1.807) is 18.2 Å². The third-order valence-electron chi connectivity index (χ3n) is 4.16. The molecule has 0 saturated carbocycles. The van der Waals surface area contributed by atoms with Gasteiger partial charge >= 0.3 is 5.97 Å². The topological polar surface area (TPSA) is 64.8 Å². The SMILES string of the molecule is CCCOc1cc(C(=O)OC[C@H](Cc2ccccc2)N(C)C)ccc1N. The lowest BCUT2D eigenvalue weighted by molar-refractivity contribution is 0.0400.